The highest BCUT2D eigenvalue weighted by Crippen LogP contribution is 2.20. The molecule has 0 saturated carbocycles. The number of anilines is 1. The summed E-state index contributed by atoms with van der Waals surface area (Å²) in [5.74, 6) is 0.888. The van der Waals surface area contributed by atoms with E-state index < -0.39 is 0 Å². The van der Waals surface area contributed by atoms with Crippen LogP contribution in [-0.2, 0) is 0 Å². The maximum absolute atomic E-state index is 13.1. The lowest BCUT2D eigenvalue weighted by Crippen LogP contribution is -2.12. The smallest absolute Gasteiger partial charge is 0.125 e. The van der Waals surface area contributed by atoms with Gasteiger partial charge in [-0.3, -0.25) is 4.99 Å². The van der Waals surface area contributed by atoms with Gasteiger partial charge in [0, 0.05) is 18.0 Å². The van der Waals surface area contributed by atoms with Crippen LogP contribution in [0, 0.1) is 12.7 Å². The Balaban J connectivity index is 1.84. The van der Waals surface area contributed by atoms with Gasteiger partial charge in [-0.1, -0.05) is 6.07 Å². The zero-order valence-corrected chi connectivity index (χ0v) is 11.0. The van der Waals surface area contributed by atoms with Crippen molar-refractivity contribution in [3.63, 3.8) is 0 Å². The van der Waals surface area contributed by atoms with Crippen LogP contribution in [0.4, 0.5) is 10.1 Å². The molecule has 1 unspecified atom stereocenters. The maximum Gasteiger partial charge on any atom is 0.125 e. The minimum absolute atomic E-state index is 0.191. The molecule has 0 aromatic heterocycles. The predicted octanol–water partition coefficient (Wildman–Crippen LogP) is 3.47. The Kier molecular flexibility index (Phi) is 4.05. The molecular weight excluding hydrogens is 235 g/mol. The second-order valence-corrected chi connectivity index (χ2v) is 5.50. The van der Waals surface area contributed by atoms with Crippen LogP contribution in [0.2, 0.25) is 0 Å². The normalized spacial score (nSPS) is 19.2. The van der Waals surface area contributed by atoms with Crippen LogP contribution in [0.25, 0.3) is 0 Å². The third-order valence-corrected chi connectivity index (χ3v) is 3.92. The zero-order chi connectivity index (χ0) is 12.3. The van der Waals surface area contributed by atoms with Crippen molar-refractivity contribution in [2.75, 3.05) is 17.6 Å². The maximum atomic E-state index is 13.1. The molecule has 92 valence electrons. The number of rotatable bonds is 4. The summed E-state index contributed by atoms with van der Waals surface area (Å²) in [4.78, 5) is 4.53. The molecule has 1 aromatic carbocycles. The van der Waals surface area contributed by atoms with Gasteiger partial charge in [0.15, 0.2) is 0 Å². The lowest BCUT2D eigenvalue weighted by molar-refractivity contribution is 0.627. The summed E-state index contributed by atoms with van der Waals surface area (Å²) in [5.41, 5.74) is 1.96. The quantitative estimate of drug-likeness (QED) is 0.887. The van der Waals surface area contributed by atoms with Crippen molar-refractivity contribution in [3.8, 4) is 0 Å². The van der Waals surface area contributed by atoms with Crippen LogP contribution in [0.1, 0.15) is 18.9 Å². The summed E-state index contributed by atoms with van der Waals surface area (Å²) in [6.07, 6.45) is 1.00. The van der Waals surface area contributed by atoms with Crippen LogP contribution in [0.5, 0.6) is 0 Å². The number of hydrogen-bond donors (Lipinski definition) is 1. The minimum atomic E-state index is -0.191. The number of hydrogen-bond acceptors (Lipinski definition) is 3. The Morgan fingerprint density at radius 3 is 3.00 bits per heavy atom. The van der Waals surface area contributed by atoms with Gasteiger partial charge in [-0.2, -0.15) is 0 Å². The topological polar surface area (TPSA) is 24.4 Å². The third kappa shape index (κ3) is 3.46. The molecule has 0 spiro atoms. The standard InChI is InChI=1S/C13H17FN2S/c1-9-3-4-11(14)7-13(9)15-6-5-12-8-17-10(2)16-12/h3-4,7,12,15H,5-6,8H2,1-2H3. The monoisotopic (exact) mass is 252 g/mol. The Labute approximate surface area is 106 Å². The van der Waals surface area contributed by atoms with E-state index in [0.29, 0.717) is 6.04 Å². The first-order valence-electron chi connectivity index (χ1n) is 5.82. The number of benzene rings is 1. The number of nitrogens with zero attached hydrogens (tertiary/aromatic N) is 1. The molecule has 2 rings (SSSR count). The van der Waals surface area contributed by atoms with Crippen LogP contribution in [0.15, 0.2) is 23.2 Å². The highest BCUT2D eigenvalue weighted by Gasteiger charge is 2.14. The first-order valence-corrected chi connectivity index (χ1v) is 6.81. The molecule has 0 aliphatic carbocycles. The largest absolute Gasteiger partial charge is 0.385 e. The Morgan fingerprint density at radius 1 is 1.47 bits per heavy atom. The summed E-state index contributed by atoms with van der Waals surface area (Å²) < 4.78 is 13.1. The number of halogens is 1. The predicted molar refractivity (Wildman–Crippen MR) is 73.6 cm³/mol. The first-order chi connectivity index (χ1) is 8.15. The van der Waals surface area contributed by atoms with E-state index in [2.05, 4.69) is 17.2 Å². The van der Waals surface area contributed by atoms with Crippen LogP contribution in [0.3, 0.4) is 0 Å². The number of thioether (sulfide) groups is 1. The van der Waals surface area contributed by atoms with E-state index in [9.17, 15) is 4.39 Å². The highest BCUT2D eigenvalue weighted by molar-refractivity contribution is 8.14. The van der Waals surface area contributed by atoms with Crippen LogP contribution < -0.4 is 5.32 Å². The molecule has 0 bridgehead atoms. The van der Waals surface area contributed by atoms with Crippen LogP contribution in [-0.4, -0.2) is 23.4 Å². The van der Waals surface area contributed by atoms with Crippen molar-refractivity contribution in [3.05, 3.63) is 29.6 Å². The van der Waals surface area contributed by atoms with Gasteiger partial charge < -0.3 is 5.32 Å². The highest BCUT2D eigenvalue weighted by atomic mass is 32.2. The number of aryl methyl sites for hydroxylation is 1. The zero-order valence-electron chi connectivity index (χ0n) is 10.2. The lowest BCUT2D eigenvalue weighted by Gasteiger charge is -2.11. The van der Waals surface area contributed by atoms with Gasteiger partial charge in [-0.25, -0.2) is 4.39 Å². The summed E-state index contributed by atoms with van der Waals surface area (Å²) in [5, 5.41) is 4.45. The van der Waals surface area contributed by atoms with Crippen molar-refractivity contribution in [1.82, 2.24) is 0 Å². The molecule has 1 N–H and O–H groups in total. The van der Waals surface area contributed by atoms with Crippen molar-refractivity contribution in [2.24, 2.45) is 4.99 Å². The van der Waals surface area contributed by atoms with Gasteiger partial charge in [-0.05, 0) is 38.0 Å². The third-order valence-electron chi connectivity index (χ3n) is 2.84. The first kappa shape index (κ1) is 12.4. The van der Waals surface area contributed by atoms with Gasteiger partial charge in [0.2, 0.25) is 0 Å². The fourth-order valence-corrected chi connectivity index (χ4v) is 2.75. The molecule has 1 aliphatic rings. The van der Waals surface area contributed by atoms with Gasteiger partial charge in [0.05, 0.1) is 11.1 Å². The molecule has 0 amide bonds. The lowest BCUT2D eigenvalue weighted by atomic mass is 10.2. The summed E-state index contributed by atoms with van der Waals surface area (Å²) in [6, 6.07) is 5.25. The summed E-state index contributed by atoms with van der Waals surface area (Å²) >= 11 is 1.82. The van der Waals surface area contributed by atoms with E-state index in [4.69, 9.17) is 0 Å². The SMILES string of the molecule is CC1=NC(CCNc2cc(F)ccc2C)CS1. The van der Waals surface area contributed by atoms with E-state index in [1.807, 2.05) is 18.7 Å². The molecule has 0 radical (unpaired) electrons. The second kappa shape index (κ2) is 5.54. The van der Waals surface area contributed by atoms with E-state index in [1.54, 1.807) is 12.1 Å². The molecular formula is C13H17FN2S. The Bertz CT molecular complexity index is 431. The van der Waals surface area contributed by atoms with Crippen molar-refractivity contribution in [2.45, 2.75) is 26.3 Å². The molecule has 0 saturated heterocycles. The average molecular weight is 252 g/mol. The molecule has 1 aliphatic heterocycles. The Morgan fingerprint density at radius 2 is 2.29 bits per heavy atom. The van der Waals surface area contributed by atoms with Crippen molar-refractivity contribution < 1.29 is 4.39 Å². The van der Waals surface area contributed by atoms with Gasteiger partial charge in [0.25, 0.3) is 0 Å². The summed E-state index contributed by atoms with van der Waals surface area (Å²) in [6.45, 7) is 4.87. The Hall–Kier alpha value is -1.03. The number of aliphatic imine (C=N–C) groups is 1. The molecule has 0 fully saturated rings. The van der Waals surface area contributed by atoms with Crippen molar-refractivity contribution in [1.29, 1.82) is 0 Å². The van der Waals surface area contributed by atoms with Gasteiger partial charge in [0.1, 0.15) is 5.82 Å². The van der Waals surface area contributed by atoms with E-state index in [1.165, 1.54) is 11.1 Å². The molecule has 4 heteroatoms. The molecule has 1 aromatic rings. The average Bonchev–Trinajstić information content (AvgIpc) is 2.69. The number of nitrogens with one attached hydrogen (secondary N) is 1. The van der Waals surface area contributed by atoms with Gasteiger partial charge in [-0.15, -0.1) is 11.8 Å². The molecule has 1 heterocycles. The fourth-order valence-electron chi connectivity index (χ4n) is 1.85. The second-order valence-electron chi connectivity index (χ2n) is 4.29. The van der Waals surface area contributed by atoms with Gasteiger partial charge >= 0.3 is 0 Å². The fraction of sp³-hybridized carbons (Fsp3) is 0.462. The van der Waals surface area contributed by atoms with E-state index >= 15 is 0 Å². The van der Waals surface area contributed by atoms with E-state index in [-0.39, 0.29) is 5.82 Å². The molecule has 1 atom stereocenters. The van der Waals surface area contributed by atoms with Crippen molar-refractivity contribution >= 4 is 22.5 Å². The minimum Gasteiger partial charge on any atom is -0.385 e. The summed E-state index contributed by atoms with van der Waals surface area (Å²) in [7, 11) is 0. The molecule has 2 nitrogen and oxygen atoms in total. The van der Waals surface area contributed by atoms with E-state index in [0.717, 1.165) is 30.0 Å². The van der Waals surface area contributed by atoms with Crippen LogP contribution >= 0.6 is 11.8 Å². The molecule has 17 heavy (non-hydrogen) atoms.